The normalized spacial score (nSPS) is 10.6. The molecule has 0 amide bonds. The van der Waals surface area contributed by atoms with Crippen molar-refractivity contribution in [1.82, 2.24) is 14.9 Å². The van der Waals surface area contributed by atoms with E-state index in [2.05, 4.69) is 15.0 Å². The van der Waals surface area contributed by atoms with E-state index in [1.165, 1.54) is 19.5 Å². The highest BCUT2D eigenvalue weighted by Crippen LogP contribution is 2.20. The van der Waals surface area contributed by atoms with Crippen molar-refractivity contribution in [1.29, 1.82) is 0 Å². The highest BCUT2D eigenvalue weighted by molar-refractivity contribution is 5.93. The number of nitrogens with zero attached hydrogens (tertiary/aromatic N) is 4. The standard InChI is InChI=1S/C15H15FN4O3/c1-20(2)9-18-13-11(16)8-17-15(19-13)23-14(21)10-6-4-5-7-12(10)22-3/h4-9H,1-3H3/b18-9+. The van der Waals surface area contributed by atoms with Crippen LogP contribution in [0.1, 0.15) is 10.4 Å². The number of aliphatic imine (C=N–C) groups is 1. The number of aromatic nitrogens is 2. The van der Waals surface area contributed by atoms with Gasteiger partial charge in [0.1, 0.15) is 11.3 Å². The maximum absolute atomic E-state index is 13.6. The van der Waals surface area contributed by atoms with Gasteiger partial charge in [0, 0.05) is 14.1 Å². The Hall–Kier alpha value is -3.03. The van der Waals surface area contributed by atoms with Crippen LogP contribution in [0.3, 0.4) is 0 Å². The quantitative estimate of drug-likeness (QED) is 0.477. The molecule has 1 aromatic heterocycles. The number of rotatable bonds is 5. The fourth-order valence-electron chi connectivity index (χ4n) is 1.60. The molecule has 1 heterocycles. The number of carbonyl (C=O) groups excluding carboxylic acids is 1. The van der Waals surface area contributed by atoms with Gasteiger partial charge in [0.05, 0.1) is 19.6 Å². The van der Waals surface area contributed by atoms with E-state index in [1.807, 2.05) is 0 Å². The maximum Gasteiger partial charge on any atom is 0.349 e. The summed E-state index contributed by atoms with van der Waals surface area (Å²) < 4.78 is 23.7. The molecule has 0 aliphatic carbocycles. The van der Waals surface area contributed by atoms with E-state index in [4.69, 9.17) is 9.47 Å². The number of hydrogen-bond donors (Lipinski definition) is 0. The molecule has 1 aromatic carbocycles. The summed E-state index contributed by atoms with van der Waals surface area (Å²) in [4.78, 5) is 25.0. The fraction of sp³-hybridized carbons (Fsp3) is 0.200. The lowest BCUT2D eigenvalue weighted by Crippen LogP contribution is -2.12. The van der Waals surface area contributed by atoms with Crippen LogP contribution in [-0.4, -0.2) is 48.4 Å². The first-order chi connectivity index (χ1) is 11.0. The third kappa shape index (κ3) is 4.22. The van der Waals surface area contributed by atoms with Gasteiger partial charge in [-0.2, -0.15) is 4.98 Å². The first-order valence-corrected chi connectivity index (χ1v) is 6.59. The van der Waals surface area contributed by atoms with Gasteiger partial charge in [0.15, 0.2) is 11.6 Å². The van der Waals surface area contributed by atoms with Gasteiger partial charge >= 0.3 is 12.0 Å². The minimum Gasteiger partial charge on any atom is -0.496 e. The predicted molar refractivity (Wildman–Crippen MR) is 81.8 cm³/mol. The molecule has 120 valence electrons. The Labute approximate surface area is 132 Å². The molecule has 0 aliphatic heterocycles. The van der Waals surface area contributed by atoms with Crippen molar-refractivity contribution in [3.63, 3.8) is 0 Å². The first kappa shape index (κ1) is 16.3. The van der Waals surface area contributed by atoms with Crippen molar-refractivity contribution in [3.05, 3.63) is 41.8 Å². The molecule has 0 atom stereocenters. The molecule has 0 aliphatic rings. The molecule has 2 aromatic rings. The SMILES string of the molecule is COc1ccccc1C(=O)Oc1ncc(F)c(/N=C/N(C)C)n1. The summed E-state index contributed by atoms with van der Waals surface area (Å²) in [6, 6.07) is 6.24. The van der Waals surface area contributed by atoms with E-state index in [9.17, 15) is 9.18 Å². The molecule has 0 unspecified atom stereocenters. The Bertz CT molecular complexity index is 734. The fourth-order valence-corrected chi connectivity index (χ4v) is 1.60. The minimum atomic E-state index is -0.722. The molecule has 8 heteroatoms. The molecule has 0 radical (unpaired) electrons. The molecule has 0 fully saturated rings. The molecular weight excluding hydrogens is 303 g/mol. The van der Waals surface area contributed by atoms with E-state index in [0.717, 1.165) is 6.20 Å². The number of benzene rings is 1. The van der Waals surface area contributed by atoms with Crippen LogP contribution in [0.15, 0.2) is 35.5 Å². The van der Waals surface area contributed by atoms with Crippen molar-refractivity contribution >= 4 is 18.1 Å². The van der Waals surface area contributed by atoms with Crippen LogP contribution in [-0.2, 0) is 0 Å². The highest BCUT2D eigenvalue weighted by atomic mass is 19.1. The lowest BCUT2D eigenvalue weighted by atomic mass is 10.2. The van der Waals surface area contributed by atoms with Crippen LogP contribution in [0.25, 0.3) is 0 Å². The Morgan fingerprint density at radius 2 is 2.09 bits per heavy atom. The van der Waals surface area contributed by atoms with Crippen molar-refractivity contribution < 1.29 is 18.7 Å². The van der Waals surface area contributed by atoms with Crippen LogP contribution < -0.4 is 9.47 Å². The number of halogens is 1. The number of carbonyl (C=O) groups is 1. The van der Waals surface area contributed by atoms with Gasteiger partial charge in [-0.1, -0.05) is 12.1 Å². The zero-order valence-corrected chi connectivity index (χ0v) is 12.9. The van der Waals surface area contributed by atoms with Gasteiger partial charge in [-0.3, -0.25) is 0 Å². The van der Waals surface area contributed by atoms with Crippen LogP contribution >= 0.6 is 0 Å². The maximum atomic E-state index is 13.6. The largest absolute Gasteiger partial charge is 0.496 e. The second-order valence-corrected chi connectivity index (χ2v) is 4.62. The predicted octanol–water partition coefficient (Wildman–Crippen LogP) is 2.06. The van der Waals surface area contributed by atoms with Crippen molar-refractivity contribution in [2.75, 3.05) is 21.2 Å². The van der Waals surface area contributed by atoms with Crippen LogP contribution in [0.4, 0.5) is 10.2 Å². The average Bonchev–Trinajstić information content (AvgIpc) is 2.55. The third-order valence-electron chi connectivity index (χ3n) is 2.63. The summed E-state index contributed by atoms with van der Waals surface area (Å²) in [5, 5.41) is 0. The summed E-state index contributed by atoms with van der Waals surface area (Å²) in [6.45, 7) is 0. The summed E-state index contributed by atoms with van der Waals surface area (Å²) in [5.41, 5.74) is 0.210. The molecule has 7 nitrogen and oxygen atoms in total. The Balaban J connectivity index is 2.23. The van der Waals surface area contributed by atoms with Crippen LogP contribution in [0.5, 0.6) is 11.8 Å². The number of esters is 1. The van der Waals surface area contributed by atoms with Gasteiger partial charge in [-0.15, -0.1) is 0 Å². The summed E-state index contributed by atoms with van der Waals surface area (Å²) >= 11 is 0. The molecular formula is C15H15FN4O3. The first-order valence-electron chi connectivity index (χ1n) is 6.59. The molecule has 0 spiro atoms. The number of hydrogen-bond acceptors (Lipinski definition) is 6. The van der Waals surface area contributed by atoms with Gasteiger partial charge in [0.2, 0.25) is 0 Å². The lowest BCUT2D eigenvalue weighted by Gasteiger charge is -2.07. The topological polar surface area (TPSA) is 76.9 Å². The summed E-state index contributed by atoms with van der Waals surface area (Å²) in [7, 11) is 4.89. The molecule has 2 rings (SSSR count). The molecule has 0 N–H and O–H groups in total. The zero-order chi connectivity index (χ0) is 16.8. The van der Waals surface area contributed by atoms with E-state index in [0.29, 0.717) is 5.75 Å². The van der Waals surface area contributed by atoms with Crippen LogP contribution in [0, 0.1) is 5.82 Å². The summed E-state index contributed by atoms with van der Waals surface area (Å²) in [6.07, 6.45) is 2.26. The number of methoxy groups -OCH3 is 1. The van der Waals surface area contributed by atoms with Crippen molar-refractivity contribution in [2.45, 2.75) is 0 Å². The van der Waals surface area contributed by atoms with Gasteiger partial charge in [-0.25, -0.2) is 19.2 Å². The average molecular weight is 318 g/mol. The van der Waals surface area contributed by atoms with Crippen LogP contribution in [0.2, 0.25) is 0 Å². The lowest BCUT2D eigenvalue weighted by molar-refractivity contribution is 0.0715. The van der Waals surface area contributed by atoms with E-state index < -0.39 is 11.8 Å². The van der Waals surface area contributed by atoms with Crippen molar-refractivity contribution in [2.24, 2.45) is 4.99 Å². The van der Waals surface area contributed by atoms with Gasteiger partial charge in [0.25, 0.3) is 0 Å². The molecule has 0 saturated carbocycles. The second-order valence-electron chi connectivity index (χ2n) is 4.62. The van der Waals surface area contributed by atoms with Gasteiger partial charge < -0.3 is 14.4 Å². The molecule has 0 bridgehead atoms. The highest BCUT2D eigenvalue weighted by Gasteiger charge is 2.16. The van der Waals surface area contributed by atoms with Gasteiger partial charge in [-0.05, 0) is 12.1 Å². The van der Waals surface area contributed by atoms with E-state index >= 15 is 0 Å². The Kier molecular flexibility index (Phi) is 5.19. The number of ether oxygens (including phenoxy) is 2. The van der Waals surface area contributed by atoms with E-state index in [1.54, 1.807) is 37.2 Å². The molecule has 0 saturated heterocycles. The second kappa shape index (κ2) is 7.30. The molecule has 23 heavy (non-hydrogen) atoms. The smallest absolute Gasteiger partial charge is 0.349 e. The van der Waals surface area contributed by atoms with E-state index in [-0.39, 0.29) is 17.4 Å². The minimum absolute atomic E-state index is 0.210. The zero-order valence-electron chi connectivity index (χ0n) is 12.9. The number of para-hydroxylation sites is 1. The Morgan fingerprint density at radius 3 is 2.78 bits per heavy atom. The van der Waals surface area contributed by atoms with Crippen molar-refractivity contribution in [3.8, 4) is 11.8 Å². The monoisotopic (exact) mass is 318 g/mol. The third-order valence-corrected chi connectivity index (χ3v) is 2.63. The Morgan fingerprint density at radius 1 is 1.35 bits per heavy atom. The summed E-state index contributed by atoms with van der Waals surface area (Å²) in [5.74, 6) is -1.31.